The molecule has 1 unspecified atom stereocenters. The highest BCUT2D eigenvalue weighted by atomic mass is 35.5. The summed E-state index contributed by atoms with van der Waals surface area (Å²) in [5, 5.41) is 3.20. The molecule has 25 heavy (non-hydrogen) atoms. The lowest BCUT2D eigenvalue weighted by Crippen LogP contribution is -2.51. The van der Waals surface area contributed by atoms with Crippen molar-refractivity contribution in [3.63, 3.8) is 0 Å². The number of likely N-dealkylation sites (tertiary alicyclic amines) is 1. The number of carbonyl (C=O) groups is 2. The minimum Gasteiger partial charge on any atom is -0.479 e. The Bertz CT molecular complexity index is 617. The summed E-state index contributed by atoms with van der Waals surface area (Å²) in [5.41, 5.74) is 0.680. The molecule has 3 rings (SSSR count). The molecule has 6 nitrogen and oxygen atoms in total. The van der Waals surface area contributed by atoms with Gasteiger partial charge in [0, 0.05) is 13.1 Å². The second-order valence-corrected chi connectivity index (χ2v) is 6.53. The number of carbonyl (C=O) groups excluding carboxylic acids is 2. The van der Waals surface area contributed by atoms with Crippen molar-refractivity contribution < 1.29 is 14.3 Å². The van der Waals surface area contributed by atoms with E-state index in [1.54, 1.807) is 11.8 Å². The summed E-state index contributed by atoms with van der Waals surface area (Å²) in [6.45, 7) is 4.33. The van der Waals surface area contributed by atoms with Crippen LogP contribution in [0, 0.1) is 5.92 Å². The summed E-state index contributed by atoms with van der Waals surface area (Å²) in [6, 6.07) is 7.38. The molecule has 2 aliphatic rings. The zero-order chi connectivity index (χ0) is 17.1. The highest BCUT2D eigenvalue weighted by Crippen LogP contribution is 2.33. The number of ether oxygens (including phenoxy) is 1. The van der Waals surface area contributed by atoms with Crippen LogP contribution >= 0.6 is 12.4 Å². The maximum absolute atomic E-state index is 12.7. The Balaban J connectivity index is 0.00000225. The summed E-state index contributed by atoms with van der Waals surface area (Å²) in [7, 11) is 1.96. The first-order chi connectivity index (χ1) is 11.6. The molecule has 1 fully saturated rings. The van der Waals surface area contributed by atoms with Crippen LogP contribution in [-0.4, -0.2) is 56.0 Å². The Hall–Kier alpha value is -1.79. The van der Waals surface area contributed by atoms with Crippen LogP contribution < -0.4 is 15.0 Å². The number of anilines is 1. The Labute approximate surface area is 154 Å². The number of hydrogen-bond acceptors (Lipinski definition) is 4. The van der Waals surface area contributed by atoms with Gasteiger partial charge in [0.15, 0.2) is 6.10 Å². The normalized spacial score (nSPS) is 20.6. The molecule has 7 heteroatoms. The monoisotopic (exact) mass is 367 g/mol. The zero-order valence-electron chi connectivity index (χ0n) is 14.7. The quantitative estimate of drug-likeness (QED) is 0.879. The predicted molar refractivity (Wildman–Crippen MR) is 99.4 cm³/mol. The third-order valence-electron chi connectivity index (χ3n) is 4.83. The van der Waals surface area contributed by atoms with E-state index in [1.165, 1.54) is 0 Å². The van der Waals surface area contributed by atoms with Gasteiger partial charge in [0.1, 0.15) is 12.3 Å². The van der Waals surface area contributed by atoms with Crippen LogP contribution in [0.3, 0.4) is 0 Å². The number of nitrogens with zero attached hydrogens (tertiary/aromatic N) is 2. The molecule has 1 saturated heterocycles. The number of amides is 2. The lowest BCUT2D eigenvalue weighted by molar-refractivity contribution is -0.134. The van der Waals surface area contributed by atoms with Crippen LogP contribution in [0.4, 0.5) is 5.69 Å². The Morgan fingerprint density at radius 3 is 2.64 bits per heavy atom. The standard InChI is InChI=1S/C18H25N3O3.ClH/c1-13-18(23)21(15-5-3-4-6-16(15)24-13)12-17(22)20-9-7-14(8-10-20)11-19-2;/h3-6,13-14,19H,7-12H2,1-2H3;1H. The summed E-state index contributed by atoms with van der Waals surface area (Å²) in [5.74, 6) is 1.14. The fraction of sp³-hybridized carbons (Fsp3) is 0.556. The molecule has 2 amide bonds. The highest BCUT2D eigenvalue weighted by molar-refractivity contribution is 6.03. The van der Waals surface area contributed by atoms with Gasteiger partial charge in [-0.15, -0.1) is 12.4 Å². The molecule has 1 aromatic rings. The number of hydrogen-bond donors (Lipinski definition) is 1. The van der Waals surface area contributed by atoms with Crippen molar-refractivity contribution in [3.8, 4) is 5.75 Å². The molecule has 1 N–H and O–H groups in total. The second-order valence-electron chi connectivity index (χ2n) is 6.53. The van der Waals surface area contributed by atoms with Crippen molar-refractivity contribution in [1.29, 1.82) is 0 Å². The average Bonchev–Trinajstić information content (AvgIpc) is 2.59. The lowest BCUT2D eigenvalue weighted by atomic mass is 9.97. The van der Waals surface area contributed by atoms with Crippen LogP contribution in [0.2, 0.25) is 0 Å². The number of rotatable bonds is 4. The summed E-state index contributed by atoms with van der Waals surface area (Å²) >= 11 is 0. The first-order valence-electron chi connectivity index (χ1n) is 8.59. The average molecular weight is 368 g/mol. The minimum atomic E-state index is -0.561. The van der Waals surface area contributed by atoms with Crippen molar-refractivity contribution in [2.24, 2.45) is 5.92 Å². The van der Waals surface area contributed by atoms with Gasteiger partial charge in [0.25, 0.3) is 5.91 Å². The molecular weight excluding hydrogens is 342 g/mol. The molecule has 0 radical (unpaired) electrons. The number of halogens is 1. The summed E-state index contributed by atoms with van der Waals surface area (Å²) in [4.78, 5) is 28.6. The van der Waals surface area contributed by atoms with Gasteiger partial charge >= 0.3 is 0 Å². The molecular formula is C18H26ClN3O3. The van der Waals surface area contributed by atoms with E-state index in [0.717, 1.165) is 32.5 Å². The van der Waals surface area contributed by atoms with Gasteiger partial charge in [-0.2, -0.15) is 0 Å². The zero-order valence-corrected chi connectivity index (χ0v) is 15.6. The molecule has 1 aromatic carbocycles. The smallest absolute Gasteiger partial charge is 0.268 e. The van der Waals surface area contributed by atoms with Crippen LogP contribution in [0.1, 0.15) is 19.8 Å². The molecule has 1 atom stereocenters. The number of benzene rings is 1. The molecule has 0 bridgehead atoms. The largest absolute Gasteiger partial charge is 0.479 e. The SMILES string of the molecule is CNCC1CCN(C(=O)CN2C(=O)C(C)Oc3ccccc32)CC1.Cl. The van der Waals surface area contributed by atoms with Crippen molar-refractivity contribution in [3.05, 3.63) is 24.3 Å². The second kappa shape index (κ2) is 8.54. The highest BCUT2D eigenvalue weighted by Gasteiger charge is 2.34. The third kappa shape index (κ3) is 4.25. The van der Waals surface area contributed by atoms with E-state index in [4.69, 9.17) is 4.74 Å². The molecule has 0 spiro atoms. The predicted octanol–water partition coefficient (Wildman–Crippen LogP) is 1.68. The van der Waals surface area contributed by atoms with E-state index in [9.17, 15) is 9.59 Å². The van der Waals surface area contributed by atoms with Gasteiger partial charge in [0.05, 0.1) is 5.69 Å². The van der Waals surface area contributed by atoms with Crippen LogP contribution in [0.15, 0.2) is 24.3 Å². The topological polar surface area (TPSA) is 61.9 Å². The van der Waals surface area contributed by atoms with Gasteiger partial charge in [-0.25, -0.2) is 0 Å². The molecule has 138 valence electrons. The van der Waals surface area contributed by atoms with E-state index < -0.39 is 6.10 Å². The first-order valence-corrected chi connectivity index (χ1v) is 8.59. The van der Waals surface area contributed by atoms with Crippen molar-refractivity contribution in [1.82, 2.24) is 10.2 Å². The van der Waals surface area contributed by atoms with E-state index in [2.05, 4.69) is 5.32 Å². The van der Waals surface area contributed by atoms with Crippen molar-refractivity contribution in [2.45, 2.75) is 25.9 Å². The minimum absolute atomic E-state index is 0. The van der Waals surface area contributed by atoms with Crippen LogP contribution in [-0.2, 0) is 9.59 Å². The lowest BCUT2D eigenvalue weighted by Gasteiger charge is -2.36. The number of fused-ring (bicyclic) bond motifs is 1. The molecule has 2 aliphatic heterocycles. The number of para-hydroxylation sites is 2. The van der Waals surface area contributed by atoms with E-state index in [0.29, 0.717) is 17.4 Å². The molecule has 0 aliphatic carbocycles. The Morgan fingerprint density at radius 2 is 1.96 bits per heavy atom. The molecule has 0 aromatic heterocycles. The fourth-order valence-corrected chi connectivity index (χ4v) is 3.43. The summed E-state index contributed by atoms with van der Waals surface area (Å²) in [6.07, 6.45) is 1.46. The van der Waals surface area contributed by atoms with E-state index in [1.807, 2.05) is 36.2 Å². The van der Waals surface area contributed by atoms with Crippen molar-refractivity contribution in [2.75, 3.05) is 38.1 Å². The maximum atomic E-state index is 12.7. The fourth-order valence-electron chi connectivity index (χ4n) is 3.43. The Morgan fingerprint density at radius 1 is 1.28 bits per heavy atom. The van der Waals surface area contributed by atoms with Gasteiger partial charge in [0.2, 0.25) is 5.91 Å². The molecule has 0 saturated carbocycles. The molecule has 2 heterocycles. The van der Waals surface area contributed by atoms with Gasteiger partial charge < -0.3 is 15.0 Å². The van der Waals surface area contributed by atoms with Crippen LogP contribution in [0.5, 0.6) is 5.75 Å². The van der Waals surface area contributed by atoms with Gasteiger partial charge in [-0.3, -0.25) is 14.5 Å². The van der Waals surface area contributed by atoms with E-state index in [-0.39, 0.29) is 30.8 Å². The van der Waals surface area contributed by atoms with E-state index >= 15 is 0 Å². The third-order valence-corrected chi connectivity index (χ3v) is 4.83. The van der Waals surface area contributed by atoms with Gasteiger partial charge in [-0.05, 0) is 51.4 Å². The maximum Gasteiger partial charge on any atom is 0.268 e. The number of piperidine rings is 1. The van der Waals surface area contributed by atoms with Gasteiger partial charge in [-0.1, -0.05) is 12.1 Å². The first kappa shape index (κ1) is 19.5. The van der Waals surface area contributed by atoms with Crippen molar-refractivity contribution >= 4 is 29.9 Å². The van der Waals surface area contributed by atoms with Crippen LogP contribution in [0.25, 0.3) is 0 Å². The Kier molecular flexibility index (Phi) is 6.67. The summed E-state index contributed by atoms with van der Waals surface area (Å²) < 4.78 is 5.62. The number of nitrogens with one attached hydrogen (secondary N) is 1.